The van der Waals surface area contributed by atoms with Gasteiger partial charge in [0.2, 0.25) is 5.91 Å². The molecule has 0 aromatic rings. The van der Waals surface area contributed by atoms with E-state index < -0.39 is 40.0 Å². The summed E-state index contributed by atoms with van der Waals surface area (Å²) in [5, 5.41) is 23.2. The summed E-state index contributed by atoms with van der Waals surface area (Å²) in [4.78, 5) is 12.5. The number of unbranched alkanes of at least 4 members (excludes halogenated alkanes) is 20. The largest absolute Gasteiger partial charge is 0.387 e. The molecule has 0 saturated carbocycles. The van der Waals surface area contributed by atoms with E-state index in [9.17, 15) is 28.0 Å². The molecule has 4 N–H and O–H groups in total. The van der Waals surface area contributed by atoms with Crippen molar-refractivity contribution in [2.45, 2.75) is 186 Å². The Balaban J connectivity index is 4.07. The zero-order chi connectivity index (χ0) is 33.4. The van der Waals surface area contributed by atoms with Gasteiger partial charge in [-0.15, -0.1) is 0 Å². The third-order valence-electron chi connectivity index (χ3n) is 8.20. The molecule has 0 aliphatic rings. The Morgan fingerprint density at radius 1 is 0.622 bits per heavy atom. The molecule has 0 rings (SSSR count). The Morgan fingerprint density at radius 3 is 1.51 bits per heavy atom. The van der Waals surface area contributed by atoms with Crippen LogP contribution in [0.25, 0.3) is 0 Å². The van der Waals surface area contributed by atoms with Crippen molar-refractivity contribution in [1.29, 1.82) is 0 Å². The van der Waals surface area contributed by atoms with E-state index in [0.717, 1.165) is 44.9 Å². The quantitative estimate of drug-likeness (QED) is 0.0248. The average molecular weight is 656 g/mol. The van der Waals surface area contributed by atoms with Gasteiger partial charge in [0, 0.05) is 0 Å². The first kappa shape index (κ1) is 43.5. The molecular weight excluding hydrogens is 586 g/mol. The summed E-state index contributed by atoms with van der Waals surface area (Å²) in [6.07, 6.45) is 36.3. The summed E-state index contributed by atoms with van der Waals surface area (Å²) in [6.45, 7) is 4.43. The average Bonchev–Trinajstić information content (AvgIpc) is 3.00. The van der Waals surface area contributed by atoms with E-state index in [4.69, 9.17) is 0 Å². The van der Waals surface area contributed by atoms with Gasteiger partial charge in [0.15, 0.2) is 0 Å². The lowest BCUT2D eigenvalue weighted by Gasteiger charge is -2.22. The fraction of sp³-hybridized carbons (Fsp3) is 0.811. The Kier molecular flexibility index (Phi) is 30.1. The number of aliphatic hydroxyl groups is 2. The standard InChI is InChI=1S/C37H69NO6S/c1-3-5-7-9-11-13-15-16-17-18-19-20-21-22-24-26-28-30-32-36(40)37(41)38-34(33-45(42,43)44)35(39)31-29-27-25-23-14-12-10-8-6-4-2/h11,13,15-16,29,31,34-36,39-40H,3-10,12,14,17-28,30,32-33H2,1-2H3,(H,38,41)(H,42,43,44)/b13-11-,16-15-,31-29+. The van der Waals surface area contributed by atoms with Crippen molar-refractivity contribution < 1.29 is 28.0 Å². The van der Waals surface area contributed by atoms with Crippen LogP contribution in [0.3, 0.4) is 0 Å². The minimum atomic E-state index is -4.43. The molecule has 0 spiro atoms. The molecule has 45 heavy (non-hydrogen) atoms. The van der Waals surface area contributed by atoms with Crippen LogP contribution in [0.1, 0.15) is 168 Å². The highest BCUT2D eigenvalue weighted by Gasteiger charge is 2.27. The van der Waals surface area contributed by atoms with E-state index in [1.807, 2.05) is 0 Å². The first-order chi connectivity index (χ1) is 21.7. The van der Waals surface area contributed by atoms with Gasteiger partial charge >= 0.3 is 0 Å². The summed E-state index contributed by atoms with van der Waals surface area (Å²) in [7, 11) is -4.43. The van der Waals surface area contributed by atoms with E-state index in [0.29, 0.717) is 6.42 Å². The van der Waals surface area contributed by atoms with Gasteiger partial charge in [-0.25, -0.2) is 0 Å². The van der Waals surface area contributed by atoms with Gasteiger partial charge in [0.25, 0.3) is 10.1 Å². The summed E-state index contributed by atoms with van der Waals surface area (Å²) in [6, 6.07) is -1.23. The van der Waals surface area contributed by atoms with Crippen LogP contribution >= 0.6 is 0 Å². The fourth-order valence-corrected chi connectivity index (χ4v) is 6.06. The molecule has 0 bridgehead atoms. The van der Waals surface area contributed by atoms with Crippen molar-refractivity contribution in [2.75, 3.05) is 5.75 Å². The molecule has 1 amide bonds. The molecule has 264 valence electrons. The molecule has 0 aliphatic heterocycles. The molecule has 0 fully saturated rings. The lowest BCUT2D eigenvalue weighted by molar-refractivity contribution is -0.130. The number of carbonyl (C=O) groups excluding carboxylic acids is 1. The smallest absolute Gasteiger partial charge is 0.267 e. The zero-order valence-corrected chi connectivity index (χ0v) is 29.7. The first-order valence-electron chi connectivity index (χ1n) is 18.3. The van der Waals surface area contributed by atoms with Gasteiger partial charge in [-0.05, 0) is 44.9 Å². The van der Waals surface area contributed by atoms with E-state index in [2.05, 4.69) is 43.5 Å². The van der Waals surface area contributed by atoms with Crippen molar-refractivity contribution in [2.24, 2.45) is 0 Å². The van der Waals surface area contributed by atoms with Crippen molar-refractivity contribution in [3.8, 4) is 0 Å². The third kappa shape index (κ3) is 30.9. The molecule has 7 nitrogen and oxygen atoms in total. The van der Waals surface area contributed by atoms with Gasteiger partial charge in [0.05, 0.1) is 17.9 Å². The van der Waals surface area contributed by atoms with Crippen LogP contribution in [0.5, 0.6) is 0 Å². The molecule has 0 saturated heterocycles. The maximum absolute atomic E-state index is 12.5. The van der Waals surface area contributed by atoms with E-state index >= 15 is 0 Å². The first-order valence-corrected chi connectivity index (χ1v) is 19.9. The van der Waals surface area contributed by atoms with Gasteiger partial charge in [0.1, 0.15) is 6.10 Å². The highest BCUT2D eigenvalue weighted by Crippen LogP contribution is 2.14. The van der Waals surface area contributed by atoms with Crippen LogP contribution in [-0.4, -0.2) is 53.1 Å². The van der Waals surface area contributed by atoms with Crippen LogP contribution in [0.2, 0.25) is 0 Å². The number of allylic oxidation sites excluding steroid dienone is 5. The Labute approximate surface area is 277 Å². The molecule has 0 heterocycles. The van der Waals surface area contributed by atoms with Crippen LogP contribution in [0.15, 0.2) is 36.5 Å². The monoisotopic (exact) mass is 655 g/mol. The molecular formula is C37H69NO6S. The van der Waals surface area contributed by atoms with E-state index in [-0.39, 0.29) is 6.42 Å². The zero-order valence-electron chi connectivity index (χ0n) is 28.8. The Morgan fingerprint density at radius 2 is 1.02 bits per heavy atom. The van der Waals surface area contributed by atoms with Crippen LogP contribution in [-0.2, 0) is 14.9 Å². The third-order valence-corrected chi connectivity index (χ3v) is 8.98. The predicted octanol–water partition coefficient (Wildman–Crippen LogP) is 9.15. The molecule has 0 aromatic heterocycles. The lowest BCUT2D eigenvalue weighted by Crippen LogP contribution is -2.50. The van der Waals surface area contributed by atoms with Crippen molar-refractivity contribution >= 4 is 16.0 Å². The van der Waals surface area contributed by atoms with Crippen LogP contribution in [0, 0.1) is 0 Å². The number of hydrogen-bond acceptors (Lipinski definition) is 5. The van der Waals surface area contributed by atoms with Gasteiger partial charge in [-0.3, -0.25) is 9.35 Å². The maximum Gasteiger partial charge on any atom is 0.267 e. The molecule has 0 aliphatic carbocycles. The minimum Gasteiger partial charge on any atom is -0.387 e. The molecule has 8 heteroatoms. The second kappa shape index (κ2) is 31.1. The SMILES string of the molecule is CCCCC/C=C\C=C/CCCCCCCCCCCC(O)C(=O)NC(CS(=O)(=O)O)C(O)/C=C/CCCCCCCCCC. The number of amides is 1. The number of rotatable bonds is 32. The molecule has 0 aromatic carbocycles. The van der Waals surface area contributed by atoms with E-state index in [1.165, 1.54) is 102 Å². The van der Waals surface area contributed by atoms with Crippen LogP contribution < -0.4 is 5.32 Å². The van der Waals surface area contributed by atoms with Gasteiger partial charge < -0.3 is 15.5 Å². The van der Waals surface area contributed by atoms with Gasteiger partial charge in [-0.2, -0.15) is 8.42 Å². The highest BCUT2D eigenvalue weighted by molar-refractivity contribution is 7.85. The number of hydrogen-bond donors (Lipinski definition) is 4. The van der Waals surface area contributed by atoms with E-state index in [1.54, 1.807) is 6.08 Å². The van der Waals surface area contributed by atoms with Crippen molar-refractivity contribution in [3.63, 3.8) is 0 Å². The highest BCUT2D eigenvalue weighted by atomic mass is 32.2. The lowest BCUT2D eigenvalue weighted by atomic mass is 10.0. The van der Waals surface area contributed by atoms with Crippen molar-refractivity contribution in [1.82, 2.24) is 5.32 Å². The second-order valence-electron chi connectivity index (χ2n) is 12.7. The Hall–Kier alpha value is -1.48. The fourth-order valence-electron chi connectivity index (χ4n) is 5.33. The molecule has 3 unspecified atom stereocenters. The topological polar surface area (TPSA) is 124 Å². The summed E-state index contributed by atoms with van der Waals surface area (Å²) >= 11 is 0. The second-order valence-corrected chi connectivity index (χ2v) is 14.2. The Bertz CT molecular complexity index is 870. The van der Waals surface area contributed by atoms with Crippen LogP contribution in [0.4, 0.5) is 0 Å². The molecule has 3 atom stereocenters. The number of nitrogens with one attached hydrogen (secondary N) is 1. The number of aliphatic hydroxyl groups excluding tert-OH is 2. The summed E-state index contributed by atoms with van der Waals surface area (Å²) in [5.74, 6) is -1.54. The predicted molar refractivity (Wildman–Crippen MR) is 190 cm³/mol. The maximum atomic E-state index is 12.5. The molecule has 0 radical (unpaired) electrons. The normalized spacial score (nSPS) is 14.5. The van der Waals surface area contributed by atoms with Gasteiger partial charge in [-0.1, -0.05) is 159 Å². The summed E-state index contributed by atoms with van der Waals surface area (Å²) in [5.41, 5.74) is 0. The van der Waals surface area contributed by atoms with Crippen molar-refractivity contribution in [3.05, 3.63) is 36.5 Å². The minimum absolute atomic E-state index is 0.274. The number of carbonyl (C=O) groups is 1. The summed E-state index contributed by atoms with van der Waals surface area (Å²) < 4.78 is 32.3.